The van der Waals surface area contributed by atoms with Gasteiger partial charge in [-0.05, 0) is 0 Å². The highest BCUT2D eigenvalue weighted by Gasteiger charge is 2.41. The summed E-state index contributed by atoms with van der Waals surface area (Å²) in [6, 6.07) is 0. The van der Waals surface area contributed by atoms with Crippen LogP contribution in [-0.2, 0) is 10.9 Å². The van der Waals surface area contributed by atoms with Gasteiger partial charge in [0.2, 0.25) is 0 Å². The van der Waals surface area contributed by atoms with E-state index in [0.29, 0.717) is 6.20 Å². The van der Waals surface area contributed by atoms with Crippen molar-refractivity contribution in [3.05, 3.63) is 28.0 Å². The number of nitrogens with zero attached hydrogens (tertiary/aromatic N) is 1. The lowest BCUT2D eigenvalue weighted by Crippen LogP contribution is -2.19. The van der Waals surface area contributed by atoms with E-state index in [1.165, 1.54) is 0 Å². The van der Waals surface area contributed by atoms with Gasteiger partial charge in [0, 0.05) is 6.20 Å². The molecule has 100 valence electrons. The number of esters is 1. The van der Waals surface area contributed by atoms with Crippen LogP contribution in [0, 0.1) is 0 Å². The SMILES string of the molecule is COC(=O)c1c(C(F)(F)F)ncc(Cl)c1C(F)F. The highest BCUT2D eigenvalue weighted by atomic mass is 35.5. The second-order valence-electron chi connectivity index (χ2n) is 3.03. The van der Waals surface area contributed by atoms with Crippen LogP contribution in [0.3, 0.4) is 0 Å². The molecule has 0 spiro atoms. The Bertz CT molecular complexity index is 475. The number of carbonyl (C=O) groups is 1. The van der Waals surface area contributed by atoms with Gasteiger partial charge in [-0.15, -0.1) is 0 Å². The first-order valence-corrected chi connectivity index (χ1v) is 4.70. The number of alkyl halides is 5. The van der Waals surface area contributed by atoms with Crippen molar-refractivity contribution in [1.29, 1.82) is 0 Å². The van der Waals surface area contributed by atoms with E-state index in [2.05, 4.69) is 9.72 Å². The average molecular weight is 290 g/mol. The van der Waals surface area contributed by atoms with Gasteiger partial charge in [-0.2, -0.15) is 13.2 Å². The Labute approximate surface area is 103 Å². The van der Waals surface area contributed by atoms with Gasteiger partial charge in [0.05, 0.1) is 17.7 Å². The standard InChI is InChI=1S/C9H5ClF5NO2/c1-18-8(17)5-4(7(11)12)3(10)2-16-6(5)9(13,14)15/h2,7H,1H3. The maximum Gasteiger partial charge on any atom is 0.434 e. The fourth-order valence-corrected chi connectivity index (χ4v) is 1.47. The quantitative estimate of drug-likeness (QED) is 0.618. The first-order chi connectivity index (χ1) is 8.20. The van der Waals surface area contributed by atoms with Crippen LogP contribution in [0.4, 0.5) is 22.0 Å². The van der Waals surface area contributed by atoms with Crippen molar-refractivity contribution in [3.8, 4) is 0 Å². The van der Waals surface area contributed by atoms with Crippen LogP contribution < -0.4 is 0 Å². The molecule has 0 saturated heterocycles. The van der Waals surface area contributed by atoms with Crippen LogP contribution in [0.1, 0.15) is 28.0 Å². The van der Waals surface area contributed by atoms with Gasteiger partial charge in [0.15, 0.2) is 5.69 Å². The van der Waals surface area contributed by atoms with Gasteiger partial charge in [-0.3, -0.25) is 0 Å². The maximum absolute atomic E-state index is 12.7. The molecular weight excluding hydrogens is 285 g/mol. The van der Waals surface area contributed by atoms with Crippen LogP contribution >= 0.6 is 11.6 Å². The Hall–Kier alpha value is -1.44. The molecule has 0 aliphatic rings. The van der Waals surface area contributed by atoms with Crippen LogP contribution in [0.25, 0.3) is 0 Å². The smallest absolute Gasteiger partial charge is 0.434 e. The molecule has 0 saturated carbocycles. The molecule has 18 heavy (non-hydrogen) atoms. The Kier molecular flexibility index (Phi) is 4.10. The lowest BCUT2D eigenvalue weighted by atomic mass is 10.1. The van der Waals surface area contributed by atoms with Crippen molar-refractivity contribution < 1.29 is 31.5 Å². The minimum absolute atomic E-state index is 0.415. The van der Waals surface area contributed by atoms with Crippen LogP contribution in [-0.4, -0.2) is 18.1 Å². The third kappa shape index (κ3) is 2.69. The van der Waals surface area contributed by atoms with Gasteiger partial charge in [0.1, 0.15) is 5.56 Å². The number of carbonyl (C=O) groups excluding carboxylic acids is 1. The highest BCUT2D eigenvalue weighted by Crippen LogP contribution is 2.38. The number of halogens is 6. The van der Waals surface area contributed by atoms with E-state index in [1.807, 2.05) is 0 Å². The van der Waals surface area contributed by atoms with Gasteiger partial charge in [-0.1, -0.05) is 11.6 Å². The molecule has 0 N–H and O–H groups in total. The summed E-state index contributed by atoms with van der Waals surface area (Å²) in [7, 11) is 0.763. The second kappa shape index (κ2) is 5.05. The summed E-state index contributed by atoms with van der Waals surface area (Å²) in [5.74, 6) is -1.58. The molecule has 9 heteroatoms. The number of aromatic nitrogens is 1. The molecule has 0 atom stereocenters. The molecule has 0 unspecified atom stereocenters. The number of methoxy groups -OCH3 is 1. The molecule has 0 radical (unpaired) electrons. The van der Waals surface area contributed by atoms with Gasteiger partial charge < -0.3 is 4.74 Å². The lowest BCUT2D eigenvalue weighted by Gasteiger charge is -2.14. The van der Waals surface area contributed by atoms with Crippen molar-refractivity contribution in [2.24, 2.45) is 0 Å². The van der Waals surface area contributed by atoms with Crippen molar-refractivity contribution in [1.82, 2.24) is 4.98 Å². The molecule has 0 aliphatic carbocycles. The molecule has 0 amide bonds. The zero-order valence-corrected chi connectivity index (χ0v) is 9.44. The van der Waals surface area contributed by atoms with E-state index in [-0.39, 0.29) is 0 Å². The predicted molar refractivity (Wildman–Crippen MR) is 50.5 cm³/mol. The second-order valence-corrected chi connectivity index (χ2v) is 3.44. The van der Waals surface area contributed by atoms with Crippen molar-refractivity contribution in [2.45, 2.75) is 12.6 Å². The normalized spacial score (nSPS) is 11.8. The molecule has 0 aliphatic heterocycles. The zero-order valence-electron chi connectivity index (χ0n) is 8.69. The first kappa shape index (κ1) is 14.6. The molecule has 1 heterocycles. The summed E-state index contributed by atoms with van der Waals surface area (Å²) in [6.07, 6.45) is -8.02. The minimum Gasteiger partial charge on any atom is -0.465 e. The van der Waals surface area contributed by atoms with E-state index in [1.54, 1.807) is 0 Å². The van der Waals surface area contributed by atoms with Crippen LogP contribution in [0.15, 0.2) is 6.20 Å². The van der Waals surface area contributed by atoms with Gasteiger partial charge in [-0.25, -0.2) is 18.6 Å². The molecule has 1 aromatic heterocycles. The molecule has 3 nitrogen and oxygen atoms in total. The number of pyridine rings is 1. The Morgan fingerprint density at radius 2 is 2.00 bits per heavy atom. The summed E-state index contributed by atoms with van der Waals surface area (Å²) >= 11 is 5.33. The lowest BCUT2D eigenvalue weighted by molar-refractivity contribution is -0.141. The van der Waals surface area contributed by atoms with Crippen molar-refractivity contribution in [3.63, 3.8) is 0 Å². The first-order valence-electron chi connectivity index (χ1n) is 4.32. The third-order valence-corrected chi connectivity index (χ3v) is 2.25. The van der Waals surface area contributed by atoms with E-state index >= 15 is 0 Å². The number of hydrogen-bond acceptors (Lipinski definition) is 3. The molecule has 1 aromatic rings. The van der Waals surface area contributed by atoms with E-state index in [4.69, 9.17) is 11.6 Å². The van der Waals surface area contributed by atoms with Crippen LogP contribution in [0.5, 0.6) is 0 Å². The van der Waals surface area contributed by atoms with E-state index in [0.717, 1.165) is 7.11 Å². The van der Waals surface area contributed by atoms with E-state index < -0.39 is 40.4 Å². The largest absolute Gasteiger partial charge is 0.465 e. The van der Waals surface area contributed by atoms with Gasteiger partial charge in [0.25, 0.3) is 6.43 Å². The number of ether oxygens (including phenoxy) is 1. The maximum atomic E-state index is 12.7. The predicted octanol–water partition coefficient (Wildman–Crippen LogP) is 3.48. The minimum atomic E-state index is -5.07. The summed E-state index contributed by atoms with van der Waals surface area (Å²) in [6.45, 7) is 0. The summed E-state index contributed by atoms with van der Waals surface area (Å²) in [5, 5.41) is -0.738. The highest BCUT2D eigenvalue weighted by molar-refractivity contribution is 6.31. The molecule has 0 aromatic carbocycles. The van der Waals surface area contributed by atoms with E-state index in [9.17, 15) is 26.7 Å². The van der Waals surface area contributed by atoms with Crippen LogP contribution in [0.2, 0.25) is 5.02 Å². The molecule has 0 fully saturated rings. The topological polar surface area (TPSA) is 39.2 Å². The Balaban J connectivity index is 3.65. The third-order valence-electron chi connectivity index (χ3n) is 1.95. The molecule has 1 rings (SSSR count). The van der Waals surface area contributed by atoms with Crippen molar-refractivity contribution >= 4 is 17.6 Å². The fourth-order valence-electron chi connectivity index (χ4n) is 1.24. The number of hydrogen-bond donors (Lipinski definition) is 0. The average Bonchev–Trinajstić information content (AvgIpc) is 2.25. The summed E-state index contributed by atoms with van der Waals surface area (Å²) in [4.78, 5) is 14.1. The summed E-state index contributed by atoms with van der Waals surface area (Å²) < 4.78 is 67.1. The summed E-state index contributed by atoms with van der Waals surface area (Å²) in [5.41, 5.74) is -4.37. The van der Waals surface area contributed by atoms with Gasteiger partial charge >= 0.3 is 12.1 Å². The molecule has 0 bridgehead atoms. The van der Waals surface area contributed by atoms with Crippen molar-refractivity contribution in [2.75, 3.05) is 7.11 Å². The zero-order chi connectivity index (χ0) is 14.1. The Morgan fingerprint density at radius 3 is 2.39 bits per heavy atom. The fraction of sp³-hybridized carbons (Fsp3) is 0.333. The number of rotatable bonds is 2. The molecular formula is C9H5ClF5NO2. The Morgan fingerprint density at radius 1 is 1.44 bits per heavy atom. The monoisotopic (exact) mass is 289 g/mol.